The molecular weight excluding hydrogens is 246 g/mol. The van der Waals surface area contributed by atoms with Crippen molar-refractivity contribution in [3.05, 3.63) is 59.5 Å². The number of hydrogen-bond acceptors (Lipinski definition) is 4. The predicted molar refractivity (Wildman–Crippen MR) is 68.8 cm³/mol. The van der Waals surface area contributed by atoms with E-state index >= 15 is 0 Å². The fourth-order valence-corrected chi connectivity index (χ4v) is 1.86. The maximum Gasteiger partial charge on any atom is 0.339 e. The summed E-state index contributed by atoms with van der Waals surface area (Å²) >= 11 is 0. The van der Waals surface area contributed by atoms with E-state index in [1.54, 1.807) is 0 Å². The lowest BCUT2D eigenvalue weighted by Crippen LogP contribution is -2.24. The quantitative estimate of drug-likeness (QED) is 0.738. The van der Waals surface area contributed by atoms with Crippen molar-refractivity contribution >= 4 is 5.97 Å². The van der Waals surface area contributed by atoms with Gasteiger partial charge < -0.3 is 19.9 Å². The molecule has 1 atom stereocenters. The molecule has 0 amide bonds. The second kappa shape index (κ2) is 6.17. The van der Waals surface area contributed by atoms with Gasteiger partial charge in [0.2, 0.25) is 0 Å². The highest BCUT2D eigenvalue weighted by Gasteiger charge is 2.15. The number of aromatic carboxylic acids is 1. The molecule has 19 heavy (non-hydrogen) atoms. The first-order valence-corrected chi connectivity index (χ1v) is 5.91. The van der Waals surface area contributed by atoms with Crippen molar-refractivity contribution in [2.45, 2.75) is 12.6 Å². The Balaban J connectivity index is 2.04. The largest absolute Gasteiger partial charge is 0.478 e. The topological polar surface area (TPSA) is 82.7 Å². The summed E-state index contributed by atoms with van der Waals surface area (Å²) in [7, 11) is 0. The zero-order chi connectivity index (χ0) is 13.7. The Morgan fingerprint density at radius 1 is 1.26 bits per heavy atom. The predicted octanol–water partition coefficient (Wildman–Crippen LogP) is 1.80. The Hall–Kier alpha value is -2.11. The zero-order valence-corrected chi connectivity index (χ0v) is 10.2. The molecule has 0 fully saturated rings. The van der Waals surface area contributed by atoms with Crippen LogP contribution in [0, 0.1) is 0 Å². The summed E-state index contributed by atoms with van der Waals surface area (Å²) < 4.78 is 5.13. The maximum atomic E-state index is 10.9. The molecule has 0 aliphatic heterocycles. The normalized spacial score (nSPS) is 12.3. The van der Waals surface area contributed by atoms with Crippen LogP contribution in [0.15, 0.2) is 47.1 Å². The maximum absolute atomic E-state index is 10.9. The third-order valence-corrected chi connectivity index (χ3v) is 2.87. The van der Waals surface area contributed by atoms with Crippen LogP contribution in [0.1, 0.15) is 27.7 Å². The first kappa shape index (κ1) is 13.3. The van der Waals surface area contributed by atoms with Crippen LogP contribution < -0.4 is 5.32 Å². The molecule has 1 heterocycles. The number of furan rings is 1. The van der Waals surface area contributed by atoms with Crippen LogP contribution >= 0.6 is 0 Å². The molecule has 0 radical (unpaired) electrons. The van der Waals surface area contributed by atoms with Crippen LogP contribution in [-0.2, 0) is 6.54 Å². The van der Waals surface area contributed by atoms with Crippen LogP contribution in [0.4, 0.5) is 0 Å². The van der Waals surface area contributed by atoms with Gasteiger partial charge in [0.15, 0.2) is 0 Å². The zero-order valence-electron chi connectivity index (χ0n) is 10.2. The summed E-state index contributed by atoms with van der Waals surface area (Å²) in [6, 6.07) is 10.6. The number of carboxylic acid groups (broad SMARTS) is 1. The fourth-order valence-electron chi connectivity index (χ4n) is 1.86. The van der Waals surface area contributed by atoms with Gasteiger partial charge in [-0.3, -0.25) is 0 Å². The van der Waals surface area contributed by atoms with Crippen LogP contribution in [-0.4, -0.2) is 22.8 Å². The van der Waals surface area contributed by atoms with Crippen molar-refractivity contribution in [2.75, 3.05) is 6.61 Å². The summed E-state index contributed by atoms with van der Waals surface area (Å²) in [5.41, 5.74) is 1.07. The number of benzene rings is 1. The number of aliphatic hydroxyl groups excluding tert-OH is 1. The van der Waals surface area contributed by atoms with Crippen LogP contribution in [0.25, 0.3) is 0 Å². The average Bonchev–Trinajstić information content (AvgIpc) is 2.89. The highest BCUT2D eigenvalue weighted by atomic mass is 16.4. The number of carboxylic acids is 1. The molecular formula is C14H15NO4. The van der Waals surface area contributed by atoms with Crippen LogP contribution in [0.3, 0.4) is 0 Å². The van der Waals surface area contributed by atoms with Crippen LogP contribution in [0.5, 0.6) is 0 Å². The van der Waals surface area contributed by atoms with E-state index in [0.717, 1.165) is 5.56 Å². The number of hydrogen-bond donors (Lipinski definition) is 3. The van der Waals surface area contributed by atoms with Gasteiger partial charge in [-0.25, -0.2) is 4.79 Å². The van der Waals surface area contributed by atoms with Gasteiger partial charge in [-0.05, 0) is 11.6 Å². The van der Waals surface area contributed by atoms with Crippen molar-refractivity contribution in [1.29, 1.82) is 0 Å². The van der Waals surface area contributed by atoms with E-state index in [4.69, 9.17) is 9.52 Å². The smallest absolute Gasteiger partial charge is 0.339 e. The Morgan fingerprint density at radius 3 is 2.63 bits per heavy atom. The summed E-state index contributed by atoms with van der Waals surface area (Å²) in [4.78, 5) is 10.9. The summed E-state index contributed by atoms with van der Waals surface area (Å²) in [6.07, 6.45) is 1.34. The molecule has 1 unspecified atom stereocenters. The molecule has 2 aromatic rings. The van der Waals surface area contributed by atoms with Gasteiger partial charge >= 0.3 is 5.97 Å². The lowest BCUT2D eigenvalue weighted by molar-refractivity contribution is 0.0694. The molecule has 0 saturated carbocycles. The van der Waals surface area contributed by atoms with Gasteiger partial charge in [-0.2, -0.15) is 0 Å². The Labute approximate surface area is 110 Å². The number of aliphatic hydroxyl groups is 1. The molecule has 0 bridgehead atoms. The van der Waals surface area contributed by atoms with Crippen molar-refractivity contribution < 1.29 is 19.4 Å². The van der Waals surface area contributed by atoms with E-state index in [9.17, 15) is 9.90 Å². The second-order valence-corrected chi connectivity index (χ2v) is 4.09. The monoisotopic (exact) mass is 261 g/mol. The van der Waals surface area contributed by atoms with E-state index in [1.165, 1.54) is 12.3 Å². The minimum absolute atomic E-state index is 0.0763. The Bertz CT molecular complexity index is 535. The summed E-state index contributed by atoms with van der Waals surface area (Å²) in [5, 5.41) is 21.4. The lowest BCUT2D eigenvalue weighted by atomic mass is 10.1. The number of rotatable bonds is 6. The summed E-state index contributed by atoms with van der Waals surface area (Å²) in [5.74, 6) is -0.673. The molecule has 1 aromatic heterocycles. The molecule has 3 N–H and O–H groups in total. The molecule has 5 heteroatoms. The van der Waals surface area contributed by atoms with Gasteiger partial charge in [0, 0.05) is 0 Å². The molecule has 0 aliphatic rings. The fraction of sp³-hybridized carbons (Fsp3) is 0.214. The highest BCUT2D eigenvalue weighted by molar-refractivity contribution is 5.88. The molecule has 0 saturated heterocycles. The molecule has 5 nitrogen and oxygen atoms in total. The number of carbonyl (C=O) groups is 1. The van der Waals surface area contributed by atoms with Gasteiger partial charge in [0.05, 0.1) is 25.5 Å². The van der Waals surface area contributed by atoms with Gasteiger partial charge in [0.1, 0.15) is 11.3 Å². The molecule has 2 rings (SSSR count). The van der Waals surface area contributed by atoms with E-state index in [2.05, 4.69) is 5.32 Å². The first-order valence-electron chi connectivity index (χ1n) is 5.91. The number of nitrogens with one attached hydrogen (secondary N) is 1. The lowest BCUT2D eigenvalue weighted by Gasteiger charge is -2.16. The van der Waals surface area contributed by atoms with Gasteiger partial charge in [-0.1, -0.05) is 30.3 Å². The molecule has 1 aromatic carbocycles. The Morgan fingerprint density at radius 2 is 2.00 bits per heavy atom. The Kier molecular flexibility index (Phi) is 4.33. The van der Waals surface area contributed by atoms with E-state index < -0.39 is 5.97 Å². The van der Waals surface area contributed by atoms with E-state index in [-0.39, 0.29) is 24.8 Å². The van der Waals surface area contributed by atoms with Crippen LogP contribution in [0.2, 0.25) is 0 Å². The third kappa shape index (κ3) is 3.21. The van der Waals surface area contributed by atoms with Crippen molar-refractivity contribution in [3.8, 4) is 0 Å². The average molecular weight is 261 g/mol. The van der Waals surface area contributed by atoms with Crippen molar-refractivity contribution in [1.82, 2.24) is 5.32 Å². The van der Waals surface area contributed by atoms with E-state index in [0.29, 0.717) is 5.76 Å². The van der Waals surface area contributed by atoms with Crippen molar-refractivity contribution in [3.63, 3.8) is 0 Å². The third-order valence-electron chi connectivity index (χ3n) is 2.87. The first-order chi connectivity index (χ1) is 9.22. The van der Waals surface area contributed by atoms with Gasteiger partial charge in [-0.15, -0.1) is 0 Å². The highest BCUT2D eigenvalue weighted by Crippen LogP contribution is 2.15. The molecule has 100 valence electrons. The SMILES string of the molecule is O=C(O)c1ccoc1CNC(CO)c1ccccc1. The van der Waals surface area contributed by atoms with Crippen molar-refractivity contribution in [2.24, 2.45) is 0 Å². The summed E-state index contributed by atoms with van der Waals surface area (Å²) in [6.45, 7) is 0.169. The minimum Gasteiger partial charge on any atom is -0.478 e. The minimum atomic E-state index is -1.02. The molecule has 0 spiro atoms. The van der Waals surface area contributed by atoms with Gasteiger partial charge in [0.25, 0.3) is 0 Å². The second-order valence-electron chi connectivity index (χ2n) is 4.09. The van der Waals surface area contributed by atoms with E-state index in [1.807, 2.05) is 30.3 Å². The molecule has 0 aliphatic carbocycles. The standard InChI is InChI=1S/C14H15NO4/c16-9-12(10-4-2-1-3-5-10)15-8-13-11(14(17)18)6-7-19-13/h1-7,12,15-16H,8-9H2,(H,17,18).